The number of hydrogen-bond donors (Lipinski definition) is 1. The van der Waals surface area contributed by atoms with Gasteiger partial charge in [-0.1, -0.05) is 26.0 Å². The van der Waals surface area contributed by atoms with Crippen molar-refractivity contribution in [2.24, 2.45) is 5.92 Å². The van der Waals surface area contributed by atoms with E-state index in [1.807, 2.05) is 4.90 Å². The van der Waals surface area contributed by atoms with E-state index in [0.29, 0.717) is 32.6 Å². The highest BCUT2D eigenvalue weighted by Gasteiger charge is 2.31. The maximum atomic E-state index is 13.1. The van der Waals surface area contributed by atoms with Crippen molar-refractivity contribution in [1.82, 2.24) is 9.80 Å². The highest BCUT2D eigenvalue weighted by molar-refractivity contribution is 5.77. The fourth-order valence-corrected chi connectivity index (χ4v) is 3.06. The lowest BCUT2D eigenvalue weighted by Gasteiger charge is -2.34. The number of rotatable bonds is 6. The number of nitrogens with zero attached hydrogens (tertiary/aromatic N) is 2. The van der Waals surface area contributed by atoms with Gasteiger partial charge in [-0.25, -0.2) is 4.39 Å². The van der Waals surface area contributed by atoms with Crippen molar-refractivity contribution in [3.63, 3.8) is 0 Å². The lowest BCUT2D eigenvalue weighted by atomic mass is 10.0. The average molecular weight is 336 g/mol. The fourth-order valence-electron chi connectivity index (χ4n) is 3.06. The first-order valence-corrected chi connectivity index (χ1v) is 8.35. The molecule has 0 spiro atoms. The molecule has 1 heterocycles. The molecule has 1 aliphatic heterocycles. The summed E-state index contributed by atoms with van der Waals surface area (Å²) in [4.78, 5) is 27.3. The van der Waals surface area contributed by atoms with Crippen LogP contribution in [0.3, 0.4) is 0 Å². The molecule has 0 aromatic heterocycles. The molecular formula is C18H25FN2O3. The first kappa shape index (κ1) is 18.4. The van der Waals surface area contributed by atoms with Gasteiger partial charge in [-0.15, -0.1) is 0 Å². The zero-order chi connectivity index (χ0) is 17.7. The van der Waals surface area contributed by atoms with Gasteiger partial charge >= 0.3 is 5.97 Å². The van der Waals surface area contributed by atoms with Gasteiger partial charge in [-0.3, -0.25) is 9.59 Å². The Kier molecular flexibility index (Phi) is 6.31. The second-order valence-electron chi connectivity index (χ2n) is 6.65. The lowest BCUT2D eigenvalue weighted by molar-refractivity contribution is -0.137. The van der Waals surface area contributed by atoms with Crippen LogP contribution >= 0.6 is 0 Å². The summed E-state index contributed by atoms with van der Waals surface area (Å²) >= 11 is 0. The number of carbonyl (C=O) groups excluding carboxylic acids is 1. The van der Waals surface area contributed by atoms with E-state index in [-0.39, 0.29) is 30.1 Å². The van der Waals surface area contributed by atoms with E-state index >= 15 is 0 Å². The summed E-state index contributed by atoms with van der Waals surface area (Å²) in [5.41, 5.74) is 0.898. The molecule has 1 aromatic rings. The van der Waals surface area contributed by atoms with Gasteiger partial charge in [-0.05, 0) is 23.6 Å². The largest absolute Gasteiger partial charge is 0.481 e. The topological polar surface area (TPSA) is 60.9 Å². The molecule has 6 heteroatoms. The van der Waals surface area contributed by atoms with Gasteiger partial charge in [0, 0.05) is 38.6 Å². The van der Waals surface area contributed by atoms with Gasteiger partial charge in [0.25, 0.3) is 0 Å². The van der Waals surface area contributed by atoms with Crippen LogP contribution < -0.4 is 0 Å². The molecule has 1 saturated heterocycles. The van der Waals surface area contributed by atoms with Crippen LogP contribution in [0.5, 0.6) is 0 Å². The van der Waals surface area contributed by atoms with E-state index in [4.69, 9.17) is 5.11 Å². The summed E-state index contributed by atoms with van der Waals surface area (Å²) in [5.74, 6) is -0.799. The molecule has 2 rings (SSSR count). The Labute approximate surface area is 142 Å². The van der Waals surface area contributed by atoms with E-state index in [2.05, 4.69) is 18.7 Å². The summed E-state index contributed by atoms with van der Waals surface area (Å²) in [6.07, 6.45) is 0.459. The van der Waals surface area contributed by atoms with Gasteiger partial charge in [0.15, 0.2) is 0 Å². The molecule has 0 aliphatic carbocycles. The second-order valence-corrected chi connectivity index (χ2v) is 6.65. The van der Waals surface area contributed by atoms with Crippen LogP contribution in [-0.4, -0.2) is 52.5 Å². The monoisotopic (exact) mass is 336 g/mol. The molecule has 5 nitrogen and oxygen atoms in total. The van der Waals surface area contributed by atoms with Gasteiger partial charge in [-0.2, -0.15) is 0 Å². The SMILES string of the molecule is CC(C)[C@H]1CN(CCC(=O)O)CCC(=O)N1Cc1ccc(F)cc1. The van der Waals surface area contributed by atoms with Gasteiger partial charge in [0.2, 0.25) is 5.91 Å². The summed E-state index contributed by atoms with van der Waals surface area (Å²) in [6, 6.07) is 6.22. The van der Waals surface area contributed by atoms with Gasteiger partial charge in [0.05, 0.1) is 6.42 Å². The predicted molar refractivity (Wildman–Crippen MR) is 88.9 cm³/mol. The predicted octanol–water partition coefficient (Wildman–Crippen LogP) is 2.36. The molecule has 0 radical (unpaired) electrons. The van der Waals surface area contributed by atoms with Crippen molar-refractivity contribution in [3.05, 3.63) is 35.6 Å². The van der Waals surface area contributed by atoms with Crippen LogP contribution in [0.2, 0.25) is 0 Å². The van der Waals surface area contributed by atoms with Crippen LogP contribution in [-0.2, 0) is 16.1 Å². The average Bonchev–Trinajstić information content (AvgIpc) is 2.68. The molecule has 0 bridgehead atoms. The number of aliphatic carboxylic acids is 1. The summed E-state index contributed by atoms with van der Waals surface area (Å²) in [5, 5.41) is 8.88. The quantitative estimate of drug-likeness (QED) is 0.866. The molecule has 1 aromatic carbocycles. The number of carboxylic acid groups (broad SMARTS) is 1. The zero-order valence-electron chi connectivity index (χ0n) is 14.2. The second kappa shape index (κ2) is 8.24. The molecule has 1 atom stereocenters. The number of amides is 1. The molecule has 24 heavy (non-hydrogen) atoms. The van der Waals surface area contributed by atoms with Gasteiger partial charge in [0.1, 0.15) is 5.82 Å². The van der Waals surface area contributed by atoms with Crippen LogP contribution in [0.25, 0.3) is 0 Å². The highest BCUT2D eigenvalue weighted by Crippen LogP contribution is 2.21. The highest BCUT2D eigenvalue weighted by atomic mass is 19.1. The number of carboxylic acids is 1. The first-order valence-electron chi connectivity index (χ1n) is 8.35. The van der Waals surface area contributed by atoms with Gasteiger partial charge < -0.3 is 14.9 Å². The van der Waals surface area contributed by atoms with Crippen molar-refractivity contribution >= 4 is 11.9 Å². The Morgan fingerprint density at radius 3 is 2.58 bits per heavy atom. The van der Waals surface area contributed by atoms with E-state index in [0.717, 1.165) is 5.56 Å². The molecule has 1 N–H and O–H groups in total. The Balaban J connectivity index is 2.13. The summed E-state index contributed by atoms with van der Waals surface area (Å²) in [7, 11) is 0. The Bertz CT molecular complexity index is 574. The number of hydrogen-bond acceptors (Lipinski definition) is 3. The third-order valence-electron chi connectivity index (χ3n) is 4.49. The number of halogens is 1. The van der Waals surface area contributed by atoms with Crippen LogP contribution in [0.1, 0.15) is 32.3 Å². The molecule has 1 aliphatic rings. The minimum Gasteiger partial charge on any atom is -0.481 e. The minimum atomic E-state index is -0.824. The lowest BCUT2D eigenvalue weighted by Crippen LogP contribution is -2.46. The van der Waals surface area contributed by atoms with Crippen molar-refractivity contribution in [2.45, 2.75) is 39.3 Å². The minimum absolute atomic E-state index is 0.0128. The van der Waals surface area contributed by atoms with E-state index in [9.17, 15) is 14.0 Å². The molecule has 132 valence electrons. The van der Waals surface area contributed by atoms with Crippen LogP contribution in [0, 0.1) is 11.7 Å². The smallest absolute Gasteiger partial charge is 0.304 e. The fraction of sp³-hybridized carbons (Fsp3) is 0.556. The maximum Gasteiger partial charge on any atom is 0.304 e. The third-order valence-corrected chi connectivity index (χ3v) is 4.49. The number of carbonyl (C=O) groups is 2. The molecule has 1 fully saturated rings. The summed E-state index contributed by atoms with van der Waals surface area (Å²) < 4.78 is 13.1. The standard InChI is InChI=1S/C18H25FN2O3/c1-13(2)16-12-20(10-8-18(23)24)9-7-17(22)21(16)11-14-3-5-15(19)6-4-14/h3-6,13,16H,7-12H2,1-2H3,(H,23,24)/t16-/m1/s1. The molecular weight excluding hydrogens is 311 g/mol. The molecule has 0 unspecified atom stereocenters. The van der Waals surface area contributed by atoms with Crippen molar-refractivity contribution in [2.75, 3.05) is 19.6 Å². The maximum absolute atomic E-state index is 13.1. The van der Waals surface area contributed by atoms with Crippen molar-refractivity contribution in [3.8, 4) is 0 Å². The number of benzene rings is 1. The van der Waals surface area contributed by atoms with E-state index in [1.165, 1.54) is 12.1 Å². The Morgan fingerprint density at radius 1 is 1.33 bits per heavy atom. The van der Waals surface area contributed by atoms with E-state index in [1.54, 1.807) is 12.1 Å². The van der Waals surface area contributed by atoms with Crippen molar-refractivity contribution in [1.29, 1.82) is 0 Å². The van der Waals surface area contributed by atoms with Crippen molar-refractivity contribution < 1.29 is 19.1 Å². The normalized spacial score (nSPS) is 19.6. The van der Waals surface area contributed by atoms with Crippen LogP contribution in [0.15, 0.2) is 24.3 Å². The van der Waals surface area contributed by atoms with Crippen LogP contribution in [0.4, 0.5) is 4.39 Å². The van der Waals surface area contributed by atoms with E-state index < -0.39 is 5.97 Å². The zero-order valence-corrected chi connectivity index (χ0v) is 14.2. The first-order chi connectivity index (χ1) is 11.4. The Hall–Kier alpha value is -1.95. The molecule has 0 saturated carbocycles. The molecule has 1 amide bonds. The summed E-state index contributed by atoms with van der Waals surface area (Å²) in [6.45, 7) is 6.28. The Morgan fingerprint density at radius 2 is 2.00 bits per heavy atom. The third kappa shape index (κ3) is 5.03.